The number of pyridine rings is 1. The molecule has 0 amide bonds. The van der Waals surface area contributed by atoms with Crippen molar-refractivity contribution in [2.75, 3.05) is 6.54 Å². The molecule has 1 fully saturated rings. The standard InChI is InChI=1S/C17H21N3OS/c1-3-4-11-20-16(14-9-8-12(2)21-14)15(19-17(20)22)13-7-5-6-10-18-13/h5-10,15-16H,3-4,11H2,1-2H3,(H,19,22). The van der Waals surface area contributed by atoms with E-state index in [0.29, 0.717) is 0 Å². The molecule has 2 atom stereocenters. The lowest BCUT2D eigenvalue weighted by atomic mass is 10.0. The molecule has 3 rings (SSSR count). The molecule has 2 aromatic heterocycles. The molecule has 1 aliphatic heterocycles. The second-order valence-electron chi connectivity index (χ2n) is 5.62. The number of nitrogens with one attached hydrogen (secondary N) is 1. The van der Waals surface area contributed by atoms with Gasteiger partial charge in [-0.25, -0.2) is 0 Å². The molecule has 1 saturated heterocycles. The topological polar surface area (TPSA) is 41.3 Å². The van der Waals surface area contributed by atoms with Crippen LogP contribution in [0.25, 0.3) is 0 Å². The number of aryl methyl sites for hydroxylation is 1. The normalized spacial score (nSPS) is 21.2. The lowest BCUT2D eigenvalue weighted by Gasteiger charge is -2.25. The van der Waals surface area contributed by atoms with Gasteiger partial charge in [-0.05, 0) is 49.8 Å². The Kier molecular flexibility index (Phi) is 4.43. The molecule has 0 aliphatic carbocycles. The second kappa shape index (κ2) is 6.48. The Bertz CT molecular complexity index is 640. The number of rotatable bonds is 5. The van der Waals surface area contributed by atoms with E-state index in [1.54, 1.807) is 0 Å². The Morgan fingerprint density at radius 3 is 2.82 bits per heavy atom. The fourth-order valence-corrected chi connectivity index (χ4v) is 3.23. The van der Waals surface area contributed by atoms with Crippen molar-refractivity contribution in [1.82, 2.24) is 15.2 Å². The van der Waals surface area contributed by atoms with E-state index in [4.69, 9.17) is 16.6 Å². The summed E-state index contributed by atoms with van der Waals surface area (Å²) in [5.74, 6) is 1.86. The fourth-order valence-electron chi connectivity index (χ4n) is 2.90. The maximum absolute atomic E-state index is 5.91. The largest absolute Gasteiger partial charge is 0.464 e. The zero-order valence-electron chi connectivity index (χ0n) is 13.0. The van der Waals surface area contributed by atoms with Crippen molar-refractivity contribution in [2.45, 2.75) is 38.8 Å². The van der Waals surface area contributed by atoms with Gasteiger partial charge in [-0.2, -0.15) is 0 Å². The molecule has 116 valence electrons. The first-order valence-electron chi connectivity index (χ1n) is 7.75. The van der Waals surface area contributed by atoms with Crippen molar-refractivity contribution in [1.29, 1.82) is 0 Å². The van der Waals surface area contributed by atoms with Crippen LogP contribution in [0.1, 0.15) is 49.1 Å². The average molecular weight is 315 g/mol. The van der Waals surface area contributed by atoms with Gasteiger partial charge in [0.15, 0.2) is 5.11 Å². The van der Waals surface area contributed by atoms with Crippen LogP contribution >= 0.6 is 12.2 Å². The monoisotopic (exact) mass is 315 g/mol. The summed E-state index contributed by atoms with van der Waals surface area (Å²) in [5.41, 5.74) is 0.989. The number of furan rings is 1. The summed E-state index contributed by atoms with van der Waals surface area (Å²) in [6.45, 7) is 5.08. The third-order valence-corrected chi connectivity index (χ3v) is 4.36. The Balaban J connectivity index is 1.96. The first kappa shape index (κ1) is 15.0. The van der Waals surface area contributed by atoms with Gasteiger partial charge in [0, 0.05) is 12.7 Å². The van der Waals surface area contributed by atoms with Gasteiger partial charge < -0.3 is 14.6 Å². The molecule has 0 aromatic carbocycles. The van der Waals surface area contributed by atoms with E-state index < -0.39 is 0 Å². The van der Waals surface area contributed by atoms with Crippen LogP contribution < -0.4 is 5.32 Å². The van der Waals surface area contributed by atoms with Crippen LogP contribution in [-0.2, 0) is 0 Å². The van der Waals surface area contributed by atoms with E-state index in [1.165, 1.54) is 0 Å². The van der Waals surface area contributed by atoms with Crippen molar-refractivity contribution >= 4 is 17.3 Å². The molecule has 0 spiro atoms. The number of aromatic nitrogens is 1. The fraction of sp³-hybridized carbons (Fsp3) is 0.412. The van der Waals surface area contributed by atoms with Crippen molar-refractivity contribution in [3.05, 3.63) is 53.7 Å². The summed E-state index contributed by atoms with van der Waals surface area (Å²) in [6, 6.07) is 10.1. The third-order valence-electron chi connectivity index (χ3n) is 4.00. The van der Waals surface area contributed by atoms with Gasteiger partial charge in [0.2, 0.25) is 0 Å². The molecule has 22 heavy (non-hydrogen) atoms. The Hall–Kier alpha value is -1.88. The smallest absolute Gasteiger partial charge is 0.170 e. The maximum atomic E-state index is 5.91. The van der Waals surface area contributed by atoms with E-state index in [9.17, 15) is 0 Å². The minimum absolute atomic E-state index is 0.0242. The van der Waals surface area contributed by atoms with Crippen molar-refractivity contribution < 1.29 is 4.42 Å². The van der Waals surface area contributed by atoms with E-state index in [2.05, 4.69) is 22.1 Å². The molecule has 2 unspecified atom stereocenters. The lowest BCUT2D eigenvalue weighted by molar-refractivity contribution is 0.266. The van der Waals surface area contributed by atoms with E-state index in [-0.39, 0.29) is 12.1 Å². The van der Waals surface area contributed by atoms with Gasteiger partial charge in [0.1, 0.15) is 17.6 Å². The third kappa shape index (κ3) is 2.86. The van der Waals surface area contributed by atoms with Crippen molar-refractivity contribution in [3.8, 4) is 0 Å². The number of hydrogen-bond donors (Lipinski definition) is 1. The second-order valence-corrected chi connectivity index (χ2v) is 6.01. The molecule has 4 nitrogen and oxygen atoms in total. The predicted molar refractivity (Wildman–Crippen MR) is 90.5 cm³/mol. The molecule has 2 aromatic rings. The van der Waals surface area contributed by atoms with Gasteiger partial charge in [0.05, 0.1) is 11.7 Å². The summed E-state index contributed by atoms with van der Waals surface area (Å²) in [5, 5.41) is 4.20. The maximum Gasteiger partial charge on any atom is 0.170 e. The first-order valence-corrected chi connectivity index (χ1v) is 8.16. The molecule has 0 bridgehead atoms. The van der Waals surface area contributed by atoms with Crippen LogP contribution in [0, 0.1) is 6.92 Å². The van der Waals surface area contributed by atoms with Gasteiger partial charge in [0.25, 0.3) is 0 Å². The average Bonchev–Trinajstić information content (AvgIpc) is 3.09. The molecule has 0 saturated carbocycles. The summed E-state index contributed by atoms with van der Waals surface area (Å²) >= 11 is 5.56. The van der Waals surface area contributed by atoms with Crippen molar-refractivity contribution in [3.63, 3.8) is 0 Å². The lowest BCUT2D eigenvalue weighted by Crippen LogP contribution is -2.30. The highest BCUT2D eigenvalue weighted by molar-refractivity contribution is 7.80. The summed E-state index contributed by atoms with van der Waals surface area (Å²) in [7, 11) is 0. The minimum atomic E-state index is 0.0242. The highest BCUT2D eigenvalue weighted by Crippen LogP contribution is 2.39. The first-order chi connectivity index (χ1) is 10.7. The number of unbranched alkanes of at least 4 members (excludes halogenated alkanes) is 1. The van der Waals surface area contributed by atoms with Crippen LogP contribution in [0.4, 0.5) is 0 Å². The minimum Gasteiger partial charge on any atom is -0.464 e. The van der Waals surface area contributed by atoms with Crippen molar-refractivity contribution in [2.24, 2.45) is 0 Å². The summed E-state index contributed by atoms with van der Waals surface area (Å²) in [4.78, 5) is 6.73. The van der Waals surface area contributed by atoms with Crippen LogP contribution in [0.2, 0.25) is 0 Å². The highest BCUT2D eigenvalue weighted by atomic mass is 32.1. The quantitative estimate of drug-likeness (QED) is 0.851. The van der Waals surface area contributed by atoms with Gasteiger partial charge in [-0.1, -0.05) is 19.4 Å². The van der Waals surface area contributed by atoms with Gasteiger partial charge in [-0.3, -0.25) is 4.98 Å². The molecule has 0 radical (unpaired) electrons. The SMILES string of the molecule is CCCCN1C(=S)NC(c2ccccn2)C1c1ccc(C)o1. The zero-order valence-corrected chi connectivity index (χ0v) is 13.8. The van der Waals surface area contributed by atoms with Crippen LogP contribution in [0.15, 0.2) is 40.9 Å². The van der Waals surface area contributed by atoms with E-state index in [0.717, 1.165) is 41.7 Å². The van der Waals surface area contributed by atoms with Crippen LogP contribution in [-0.4, -0.2) is 21.5 Å². The van der Waals surface area contributed by atoms with Gasteiger partial charge in [-0.15, -0.1) is 0 Å². The van der Waals surface area contributed by atoms with E-state index in [1.807, 2.05) is 43.5 Å². The number of nitrogens with zero attached hydrogens (tertiary/aromatic N) is 2. The zero-order chi connectivity index (χ0) is 15.5. The van der Waals surface area contributed by atoms with Crippen LogP contribution in [0.3, 0.4) is 0 Å². The Morgan fingerprint density at radius 1 is 1.32 bits per heavy atom. The Morgan fingerprint density at radius 2 is 2.18 bits per heavy atom. The molecule has 3 heterocycles. The molecular formula is C17H21N3OS. The number of hydrogen-bond acceptors (Lipinski definition) is 3. The predicted octanol–water partition coefficient (Wildman–Crippen LogP) is 3.76. The molecule has 1 N–H and O–H groups in total. The van der Waals surface area contributed by atoms with Gasteiger partial charge >= 0.3 is 0 Å². The van der Waals surface area contributed by atoms with Crippen LogP contribution in [0.5, 0.6) is 0 Å². The highest BCUT2D eigenvalue weighted by Gasteiger charge is 2.41. The van der Waals surface area contributed by atoms with E-state index >= 15 is 0 Å². The molecule has 1 aliphatic rings. The molecular weight excluding hydrogens is 294 g/mol. The Labute approximate surface area is 136 Å². The molecule has 5 heteroatoms. The summed E-state index contributed by atoms with van der Waals surface area (Å²) < 4.78 is 5.91. The summed E-state index contributed by atoms with van der Waals surface area (Å²) in [6.07, 6.45) is 4.06. The number of thiocarbonyl (C=S) groups is 1.